The van der Waals surface area contributed by atoms with E-state index < -0.39 is 0 Å². The van der Waals surface area contributed by atoms with E-state index in [2.05, 4.69) is 26.5 Å². The van der Waals surface area contributed by atoms with Gasteiger partial charge in [-0.05, 0) is 52.3 Å². The second kappa shape index (κ2) is 8.28. The molecule has 6 nitrogen and oxygen atoms in total. The van der Waals surface area contributed by atoms with Crippen LogP contribution in [-0.2, 0) is 0 Å². The number of methoxy groups -OCH3 is 1. The van der Waals surface area contributed by atoms with Crippen molar-refractivity contribution in [3.63, 3.8) is 0 Å². The summed E-state index contributed by atoms with van der Waals surface area (Å²) in [4.78, 5) is 17.6. The molecule has 0 aliphatic rings. The van der Waals surface area contributed by atoms with E-state index in [1.807, 2.05) is 42.5 Å². The summed E-state index contributed by atoms with van der Waals surface area (Å²) in [7, 11) is 1.58. The molecule has 0 saturated heterocycles. The summed E-state index contributed by atoms with van der Waals surface area (Å²) in [6, 6.07) is 20.4. The highest BCUT2D eigenvalue weighted by molar-refractivity contribution is 9.10. The number of carbonyl (C=O) groups excluding carboxylic acids is 1. The molecule has 0 spiro atoms. The summed E-state index contributed by atoms with van der Waals surface area (Å²) in [5, 5.41) is 4.67. The van der Waals surface area contributed by atoms with Crippen molar-refractivity contribution in [2.45, 2.75) is 0 Å². The van der Waals surface area contributed by atoms with Crippen LogP contribution < -0.4 is 10.2 Å². The lowest BCUT2D eigenvalue weighted by Gasteiger charge is -2.10. The molecule has 2 aromatic carbocycles. The zero-order valence-corrected chi connectivity index (χ0v) is 17.0. The predicted octanol–water partition coefficient (Wildman–Crippen LogP) is 5.03. The van der Waals surface area contributed by atoms with Gasteiger partial charge >= 0.3 is 0 Å². The number of hydrogen-bond donors (Lipinski definition) is 1. The van der Waals surface area contributed by atoms with Gasteiger partial charge in [-0.1, -0.05) is 30.3 Å². The highest BCUT2D eigenvalue weighted by Crippen LogP contribution is 2.27. The number of pyridine rings is 1. The van der Waals surface area contributed by atoms with Crippen molar-refractivity contribution in [1.82, 2.24) is 10.4 Å². The van der Waals surface area contributed by atoms with Gasteiger partial charge in [0.1, 0.15) is 11.5 Å². The average Bonchev–Trinajstić information content (AvgIpc) is 3.18. The Morgan fingerprint density at radius 1 is 1.14 bits per heavy atom. The molecule has 0 atom stereocenters. The fourth-order valence-corrected chi connectivity index (χ4v) is 3.21. The Kier molecular flexibility index (Phi) is 5.39. The molecule has 4 aromatic rings. The lowest BCUT2D eigenvalue weighted by molar-refractivity contribution is 0.0956. The minimum absolute atomic E-state index is 0.357. The molecule has 29 heavy (non-hydrogen) atoms. The maximum atomic E-state index is 12.9. The molecule has 0 saturated carbocycles. The highest BCUT2D eigenvalue weighted by atomic mass is 79.9. The number of furan rings is 1. The van der Waals surface area contributed by atoms with Crippen LogP contribution in [-0.4, -0.2) is 24.2 Å². The van der Waals surface area contributed by atoms with Gasteiger partial charge in [0.15, 0.2) is 4.67 Å². The number of rotatable bonds is 5. The highest BCUT2D eigenvalue weighted by Gasteiger charge is 2.14. The molecule has 0 aliphatic carbocycles. The largest absolute Gasteiger partial charge is 0.497 e. The van der Waals surface area contributed by atoms with Crippen LogP contribution in [0.5, 0.6) is 5.75 Å². The maximum absolute atomic E-state index is 12.9. The summed E-state index contributed by atoms with van der Waals surface area (Å²) in [6.07, 6.45) is 1.44. The lowest BCUT2D eigenvalue weighted by atomic mass is 10.0. The van der Waals surface area contributed by atoms with E-state index in [0.29, 0.717) is 38.3 Å². The average molecular weight is 450 g/mol. The number of nitrogens with zero attached hydrogens (tertiary/aromatic N) is 2. The Labute approximate surface area is 175 Å². The number of nitrogens with one attached hydrogen (secondary N) is 1. The van der Waals surface area contributed by atoms with Gasteiger partial charge in [0, 0.05) is 10.9 Å². The number of fused-ring (bicyclic) bond motifs is 1. The summed E-state index contributed by atoms with van der Waals surface area (Å²) in [5.41, 5.74) is 5.31. The number of hydrogen-bond acceptors (Lipinski definition) is 5. The van der Waals surface area contributed by atoms with Crippen molar-refractivity contribution in [1.29, 1.82) is 0 Å². The van der Waals surface area contributed by atoms with Crippen LogP contribution >= 0.6 is 15.9 Å². The smallest absolute Gasteiger partial charge is 0.272 e. The van der Waals surface area contributed by atoms with Gasteiger partial charge in [0.05, 0.1) is 30.1 Å². The maximum Gasteiger partial charge on any atom is 0.272 e. The Bertz CT molecular complexity index is 1200. The molecule has 4 rings (SSSR count). The van der Waals surface area contributed by atoms with Crippen LogP contribution in [0.3, 0.4) is 0 Å². The Hall–Kier alpha value is -3.45. The predicted molar refractivity (Wildman–Crippen MR) is 115 cm³/mol. The molecule has 0 radical (unpaired) electrons. The summed E-state index contributed by atoms with van der Waals surface area (Å²) < 4.78 is 11.2. The molecule has 0 unspecified atom stereocenters. The molecule has 144 valence electrons. The van der Waals surface area contributed by atoms with Crippen molar-refractivity contribution in [3.05, 3.63) is 82.7 Å². The lowest BCUT2D eigenvalue weighted by Crippen LogP contribution is -2.18. The quantitative estimate of drug-likeness (QED) is 0.342. The molecule has 1 N–H and O–H groups in total. The van der Waals surface area contributed by atoms with E-state index in [9.17, 15) is 4.79 Å². The van der Waals surface area contributed by atoms with Crippen molar-refractivity contribution in [2.24, 2.45) is 5.10 Å². The fourth-order valence-electron chi connectivity index (χ4n) is 2.89. The van der Waals surface area contributed by atoms with Gasteiger partial charge in [0.25, 0.3) is 5.91 Å². The molecular formula is C22H16BrN3O3. The summed E-state index contributed by atoms with van der Waals surface area (Å²) in [5.74, 6) is 0.804. The van der Waals surface area contributed by atoms with Gasteiger partial charge in [0.2, 0.25) is 0 Å². The molecular weight excluding hydrogens is 434 g/mol. The van der Waals surface area contributed by atoms with E-state index in [0.717, 1.165) is 5.56 Å². The number of aromatic nitrogens is 1. The van der Waals surface area contributed by atoms with Crippen molar-refractivity contribution in [3.8, 4) is 17.0 Å². The second-order valence-electron chi connectivity index (χ2n) is 6.15. The van der Waals surface area contributed by atoms with Gasteiger partial charge in [-0.25, -0.2) is 10.4 Å². The van der Waals surface area contributed by atoms with Crippen molar-refractivity contribution < 1.29 is 13.9 Å². The number of halogens is 1. The van der Waals surface area contributed by atoms with Gasteiger partial charge in [-0.2, -0.15) is 5.10 Å². The van der Waals surface area contributed by atoms with Crippen LogP contribution in [0.25, 0.3) is 22.2 Å². The first-order valence-electron chi connectivity index (χ1n) is 8.77. The van der Waals surface area contributed by atoms with E-state index in [1.54, 1.807) is 31.4 Å². The number of amides is 1. The first-order valence-corrected chi connectivity index (χ1v) is 9.56. The second-order valence-corrected chi connectivity index (χ2v) is 6.93. The van der Waals surface area contributed by atoms with Crippen LogP contribution in [0, 0.1) is 0 Å². The Balaban J connectivity index is 1.73. The molecule has 0 aliphatic heterocycles. The third kappa shape index (κ3) is 4.20. The van der Waals surface area contributed by atoms with E-state index in [1.165, 1.54) is 6.21 Å². The van der Waals surface area contributed by atoms with E-state index >= 15 is 0 Å². The van der Waals surface area contributed by atoms with E-state index in [4.69, 9.17) is 14.1 Å². The molecule has 2 aromatic heterocycles. The normalized spacial score (nSPS) is 11.1. The number of benzene rings is 2. The van der Waals surface area contributed by atoms with Crippen LogP contribution in [0.15, 0.2) is 80.9 Å². The molecule has 0 bridgehead atoms. The van der Waals surface area contributed by atoms with E-state index in [-0.39, 0.29) is 5.91 Å². The topological polar surface area (TPSA) is 76.7 Å². The molecule has 1 amide bonds. The molecule has 0 fully saturated rings. The van der Waals surface area contributed by atoms with Crippen LogP contribution in [0.4, 0.5) is 0 Å². The van der Waals surface area contributed by atoms with Crippen molar-refractivity contribution in [2.75, 3.05) is 7.11 Å². The van der Waals surface area contributed by atoms with Crippen LogP contribution in [0.2, 0.25) is 0 Å². The number of ether oxygens (including phenoxy) is 1. The zero-order chi connectivity index (χ0) is 20.2. The number of hydrazone groups is 1. The first-order chi connectivity index (χ1) is 14.1. The third-order valence-electron chi connectivity index (χ3n) is 4.28. The monoisotopic (exact) mass is 449 g/mol. The van der Waals surface area contributed by atoms with Crippen molar-refractivity contribution >= 4 is 39.0 Å². The summed E-state index contributed by atoms with van der Waals surface area (Å²) >= 11 is 3.23. The Morgan fingerprint density at radius 2 is 1.97 bits per heavy atom. The minimum atomic E-state index is -0.357. The third-order valence-corrected chi connectivity index (χ3v) is 4.71. The molecule has 2 heterocycles. The summed E-state index contributed by atoms with van der Waals surface area (Å²) in [6.45, 7) is 0. The SMILES string of the molecule is COc1ccc2nc(-c3ccccc3)cc(C(=O)NN=Cc3ccc(Br)o3)c2c1. The first kappa shape index (κ1) is 18.9. The fraction of sp³-hybridized carbons (Fsp3) is 0.0455. The van der Waals surface area contributed by atoms with Gasteiger partial charge in [-0.3, -0.25) is 4.79 Å². The standard InChI is InChI=1S/C22H16BrN3O3/c1-28-15-7-9-19-17(11-15)18(12-20(25-19)14-5-3-2-4-6-14)22(27)26-24-13-16-8-10-21(23)29-16/h2-13H,1H3,(H,26,27). The van der Waals surface area contributed by atoms with Crippen LogP contribution in [0.1, 0.15) is 16.1 Å². The minimum Gasteiger partial charge on any atom is -0.497 e. The molecule has 7 heteroatoms. The Morgan fingerprint density at radius 3 is 2.69 bits per heavy atom. The zero-order valence-electron chi connectivity index (χ0n) is 15.4. The van der Waals surface area contributed by atoms with Gasteiger partial charge in [-0.15, -0.1) is 0 Å². The van der Waals surface area contributed by atoms with Gasteiger partial charge < -0.3 is 9.15 Å². The number of carbonyl (C=O) groups is 1.